The van der Waals surface area contributed by atoms with Gasteiger partial charge in [-0.2, -0.15) is 0 Å². The number of rotatable bonds is 3. The van der Waals surface area contributed by atoms with Crippen molar-refractivity contribution in [3.63, 3.8) is 0 Å². The molecule has 2 aromatic carbocycles. The molecule has 0 saturated carbocycles. The minimum absolute atomic E-state index is 0.210. The standard InChI is InChI=1S/C20H22O3.C5H12/c1-13-6-4-8-17(14(2)20(21)22-3)19(13)16-9-10-18-15(12-16)7-5-11-23-18;1-5(2,3)4/h4,6,8-10,12,14H,5,7,11H2,1-3H3;1-4H3. The van der Waals surface area contributed by atoms with Crippen LogP contribution in [-0.4, -0.2) is 19.7 Å². The Hall–Kier alpha value is -2.29. The molecule has 1 heterocycles. The molecule has 3 heteroatoms. The van der Waals surface area contributed by atoms with Crippen LogP contribution in [0.25, 0.3) is 11.1 Å². The minimum Gasteiger partial charge on any atom is -0.493 e. The Morgan fingerprint density at radius 1 is 1.14 bits per heavy atom. The van der Waals surface area contributed by atoms with E-state index >= 15 is 0 Å². The molecule has 0 fully saturated rings. The van der Waals surface area contributed by atoms with Crippen molar-refractivity contribution in [1.82, 2.24) is 0 Å². The zero-order valence-corrected chi connectivity index (χ0v) is 18.4. The van der Waals surface area contributed by atoms with E-state index in [1.54, 1.807) is 0 Å². The predicted octanol–water partition coefficient (Wildman–Crippen LogP) is 6.32. The lowest BCUT2D eigenvalue weighted by molar-refractivity contribution is -0.141. The van der Waals surface area contributed by atoms with E-state index in [0.717, 1.165) is 47.5 Å². The number of aryl methyl sites for hydroxylation is 2. The van der Waals surface area contributed by atoms with Gasteiger partial charge in [-0.1, -0.05) is 52.0 Å². The fraction of sp³-hybridized carbons (Fsp3) is 0.480. The van der Waals surface area contributed by atoms with Gasteiger partial charge in [0.25, 0.3) is 0 Å². The Morgan fingerprint density at radius 2 is 1.82 bits per heavy atom. The third kappa shape index (κ3) is 5.85. The fourth-order valence-electron chi connectivity index (χ4n) is 3.27. The molecule has 0 N–H and O–H groups in total. The van der Waals surface area contributed by atoms with E-state index in [0.29, 0.717) is 5.41 Å². The second kappa shape index (κ2) is 9.27. The summed E-state index contributed by atoms with van der Waals surface area (Å²) in [7, 11) is 1.44. The number of methoxy groups -OCH3 is 1. The molecule has 1 atom stereocenters. The van der Waals surface area contributed by atoms with Crippen LogP contribution in [0, 0.1) is 12.3 Å². The van der Waals surface area contributed by atoms with E-state index in [9.17, 15) is 4.79 Å². The van der Waals surface area contributed by atoms with Crippen molar-refractivity contribution in [3.05, 3.63) is 53.1 Å². The summed E-state index contributed by atoms with van der Waals surface area (Å²) >= 11 is 0. The van der Waals surface area contributed by atoms with Gasteiger partial charge in [-0.15, -0.1) is 0 Å². The van der Waals surface area contributed by atoms with Crippen LogP contribution in [0.4, 0.5) is 0 Å². The van der Waals surface area contributed by atoms with Crippen molar-refractivity contribution < 1.29 is 14.3 Å². The van der Waals surface area contributed by atoms with E-state index in [1.165, 1.54) is 12.7 Å². The van der Waals surface area contributed by atoms with Gasteiger partial charge in [0.05, 0.1) is 19.6 Å². The average molecular weight is 383 g/mol. The summed E-state index contributed by atoms with van der Waals surface area (Å²) in [4.78, 5) is 12.0. The van der Waals surface area contributed by atoms with E-state index in [1.807, 2.05) is 25.1 Å². The van der Waals surface area contributed by atoms with Gasteiger partial charge in [-0.05, 0) is 72.1 Å². The van der Waals surface area contributed by atoms with Gasteiger partial charge in [-0.3, -0.25) is 4.79 Å². The first kappa shape index (κ1) is 22.0. The molecule has 1 unspecified atom stereocenters. The van der Waals surface area contributed by atoms with Crippen LogP contribution in [0.1, 0.15) is 63.6 Å². The predicted molar refractivity (Wildman–Crippen MR) is 116 cm³/mol. The first-order valence-electron chi connectivity index (χ1n) is 10.0. The zero-order chi connectivity index (χ0) is 20.9. The summed E-state index contributed by atoms with van der Waals surface area (Å²) in [5, 5.41) is 0. The van der Waals surface area contributed by atoms with Gasteiger partial charge in [0, 0.05) is 0 Å². The van der Waals surface area contributed by atoms with Crippen molar-refractivity contribution >= 4 is 5.97 Å². The lowest BCUT2D eigenvalue weighted by atomic mass is 9.87. The van der Waals surface area contributed by atoms with Gasteiger partial charge in [0.2, 0.25) is 0 Å². The summed E-state index contributed by atoms with van der Waals surface area (Å²) in [6.45, 7) is 13.5. The summed E-state index contributed by atoms with van der Waals surface area (Å²) in [5.41, 5.74) is 6.18. The highest BCUT2D eigenvalue weighted by Gasteiger charge is 2.21. The number of benzene rings is 2. The Bertz CT molecular complexity index is 809. The van der Waals surface area contributed by atoms with Crippen LogP contribution in [0.5, 0.6) is 5.75 Å². The maximum absolute atomic E-state index is 12.0. The van der Waals surface area contributed by atoms with Crippen LogP contribution in [0.15, 0.2) is 36.4 Å². The molecule has 0 aromatic heterocycles. The number of ether oxygens (including phenoxy) is 2. The molecule has 3 nitrogen and oxygen atoms in total. The molecule has 0 aliphatic carbocycles. The Kier molecular flexibility index (Phi) is 7.29. The first-order chi connectivity index (χ1) is 13.1. The van der Waals surface area contributed by atoms with Gasteiger partial charge < -0.3 is 9.47 Å². The molecule has 1 aliphatic heterocycles. The number of hydrogen-bond donors (Lipinski definition) is 0. The molecule has 0 amide bonds. The number of esters is 1. The normalized spacial score (nSPS) is 14.1. The molecule has 0 spiro atoms. The fourth-order valence-corrected chi connectivity index (χ4v) is 3.27. The highest BCUT2D eigenvalue weighted by atomic mass is 16.5. The largest absolute Gasteiger partial charge is 0.493 e. The smallest absolute Gasteiger partial charge is 0.312 e. The average Bonchev–Trinajstić information content (AvgIpc) is 2.65. The first-order valence-corrected chi connectivity index (χ1v) is 10.0. The van der Waals surface area contributed by atoms with Gasteiger partial charge >= 0.3 is 5.97 Å². The number of carbonyl (C=O) groups is 1. The highest BCUT2D eigenvalue weighted by Crippen LogP contribution is 2.36. The SMILES string of the molecule is CC(C)(C)C.COC(=O)C(C)c1cccc(C)c1-c1ccc2c(c1)CCCO2. The Morgan fingerprint density at radius 3 is 2.46 bits per heavy atom. The van der Waals surface area contributed by atoms with Crippen LogP contribution in [0.2, 0.25) is 0 Å². The number of fused-ring (bicyclic) bond motifs is 1. The van der Waals surface area contributed by atoms with E-state index in [-0.39, 0.29) is 11.9 Å². The second-order valence-electron chi connectivity index (χ2n) is 9.06. The minimum atomic E-state index is -0.290. The number of hydrogen-bond acceptors (Lipinski definition) is 3. The lowest BCUT2D eigenvalue weighted by Gasteiger charge is -2.21. The van der Waals surface area contributed by atoms with E-state index in [4.69, 9.17) is 9.47 Å². The Balaban J connectivity index is 0.000000500. The van der Waals surface area contributed by atoms with Crippen molar-refractivity contribution in [1.29, 1.82) is 0 Å². The molecular formula is C25H34O3. The molecular weight excluding hydrogens is 348 g/mol. The summed E-state index contributed by atoms with van der Waals surface area (Å²) in [6.07, 6.45) is 2.09. The number of carbonyl (C=O) groups excluding carboxylic acids is 1. The van der Waals surface area contributed by atoms with Crippen molar-refractivity contribution in [2.24, 2.45) is 5.41 Å². The maximum Gasteiger partial charge on any atom is 0.312 e. The highest BCUT2D eigenvalue weighted by molar-refractivity contribution is 5.83. The summed E-state index contributed by atoms with van der Waals surface area (Å²) in [6, 6.07) is 12.4. The molecule has 0 radical (unpaired) electrons. The van der Waals surface area contributed by atoms with Gasteiger partial charge in [0.1, 0.15) is 5.75 Å². The molecule has 2 aromatic rings. The topological polar surface area (TPSA) is 35.5 Å². The van der Waals surface area contributed by atoms with Crippen LogP contribution in [-0.2, 0) is 16.0 Å². The molecule has 0 saturated heterocycles. The van der Waals surface area contributed by atoms with E-state index < -0.39 is 0 Å². The summed E-state index contributed by atoms with van der Waals surface area (Å²) < 4.78 is 10.6. The van der Waals surface area contributed by atoms with Gasteiger partial charge in [-0.25, -0.2) is 0 Å². The quantitative estimate of drug-likeness (QED) is 0.583. The van der Waals surface area contributed by atoms with Crippen LogP contribution >= 0.6 is 0 Å². The van der Waals surface area contributed by atoms with E-state index in [2.05, 4.69) is 52.8 Å². The van der Waals surface area contributed by atoms with Gasteiger partial charge in [0.15, 0.2) is 0 Å². The third-order valence-electron chi connectivity index (χ3n) is 4.52. The molecule has 1 aliphatic rings. The maximum atomic E-state index is 12.0. The van der Waals surface area contributed by atoms with Crippen molar-refractivity contribution in [2.45, 2.75) is 60.3 Å². The monoisotopic (exact) mass is 382 g/mol. The van der Waals surface area contributed by atoms with Crippen molar-refractivity contribution in [2.75, 3.05) is 13.7 Å². The molecule has 0 bridgehead atoms. The molecule has 3 rings (SSSR count). The third-order valence-corrected chi connectivity index (χ3v) is 4.52. The molecule has 152 valence electrons. The van der Waals surface area contributed by atoms with Crippen molar-refractivity contribution in [3.8, 4) is 16.9 Å². The summed E-state index contributed by atoms with van der Waals surface area (Å²) in [5.74, 6) is 0.483. The van der Waals surface area contributed by atoms with Crippen LogP contribution in [0.3, 0.4) is 0 Å². The zero-order valence-electron chi connectivity index (χ0n) is 18.4. The Labute approximate surface area is 170 Å². The molecule has 28 heavy (non-hydrogen) atoms. The second-order valence-corrected chi connectivity index (χ2v) is 9.06. The lowest BCUT2D eigenvalue weighted by Crippen LogP contribution is -2.12. The van der Waals surface area contributed by atoms with Crippen LogP contribution < -0.4 is 4.74 Å².